The van der Waals surface area contributed by atoms with E-state index in [1.807, 2.05) is 0 Å². The van der Waals surface area contributed by atoms with Crippen molar-refractivity contribution in [3.8, 4) is 5.69 Å². The van der Waals surface area contributed by atoms with Crippen molar-refractivity contribution in [2.45, 2.75) is 6.92 Å². The van der Waals surface area contributed by atoms with E-state index in [1.165, 1.54) is 35.0 Å². The predicted molar refractivity (Wildman–Crippen MR) is 70.6 cm³/mol. The normalized spacial score (nSPS) is 10.2. The van der Waals surface area contributed by atoms with Gasteiger partial charge in [-0.2, -0.15) is 5.10 Å². The van der Waals surface area contributed by atoms with E-state index in [9.17, 15) is 14.9 Å². The van der Waals surface area contributed by atoms with Gasteiger partial charge in [0, 0.05) is 18.2 Å². The minimum Gasteiger partial charge on any atom is -0.461 e. The molecule has 8 nitrogen and oxygen atoms in total. The Kier molecular flexibility index (Phi) is 3.65. The summed E-state index contributed by atoms with van der Waals surface area (Å²) in [5, 5.41) is 14.6. The van der Waals surface area contributed by atoms with E-state index in [0.717, 1.165) is 0 Å². The molecule has 0 aliphatic heterocycles. The molecule has 0 spiro atoms. The first-order valence-electron chi connectivity index (χ1n) is 5.80. The van der Waals surface area contributed by atoms with Gasteiger partial charge in [-0.15, -0.1) is 0 Å². The third-order valence-corrected chi connectivity index (χ3v) is 2.53. The van der Waals surface area contributed by atoms with Crippen molar-refractivity contribution in [2.24, 2.45) is 0 Å². The first-order valence-corrected chi connectivity index (χ1v) is 5.80. The van der Waals surface area contributed by atoms with E-state index in [4.69, 9.17) is 10.5 Å². The quantitative estimate of drug-likeness (QED) is 0.514. The molecule has 2 N–H and O–H groups in total. The van der Waals surface area contributed by atoms with Crippen LogP contribution in [0.2, 0.25) is 0 Å². The molecule has 0 bridgehead atoms. The highest BCUT2D eigenvalue weighted by molar-refractivity contribution is 5.88. The van der Waals surface area contributed by atoms with Gasteiger partial charge in [-0.1, -0.05) is 0 Å². The summed E-state index contributed by atoms with van der Waals surface area (Å²) < 4.78 is 6.14. The number of benzene rings is 1. The van der Waals surface area contributed by atoms with Crippen LogP contribution in [0.25, 0.3) is 5.69 Å². The second-order valence-electron chi connectivity index (χ2n) is 3.86. The fraction of sp³-hybridized carbons (Fsp3) is 0.167. The number of nitrogen functional groups attached to an aromatic ring is 1. The highest BCUT2D eigenvalue weighted by Gasteiger charge is 2.15. The number of ether oxygens (including phenoxy) is 1. The Hall–Kier alpha value is -2.90. The van der Waals surface area contributed by atoms with Gasteiger partial charge >= 0.3 is 5.97 Å². The lowest BCUT2D eigenvalue weighted by molar-refractivity contribution is -0.384. The zero-order chi connectivity index (χ0) is 14.7. The average molecular weight is 276 g/mol. The standard InChI is InChI=1S/C12H12N4O4/c1-2-20-12(17)10-7-11(13)15(14-10)8-3-5-9(6-4-8)16(18)19/h3-7H,2,13H2,1H3. The molecule has 8 heteroatoms. The summed E-state index contributed by atoms with van der Waals surface area (Å²) in [4.78, 5) is 21.6. The maximum Gasteiger partial charge on any atom is 0.358 e. The summed E-state index contributed by atoms with van der Waals surface area (Å²) in [6.07, 6.45) is 0. The third kappa shape index (κ3) is 2.58. The smallest absolute Gasteiger partial charge is 0.358 e. The molecule has 104 valence electrons. The Morgan fingerprint density at radius 3 is 2.65 bits per heavy atom. The maximum absolute atomic E-state index is 11.5. The second-order valence-corrected chi connectivity index (χ2v) is 3.86. The Morgan fingerprint density at radius 1 is 1.45 bits per heavy atom. The van der Waals surface area contributed by atoms with Crippen LogP contribution >= 0.6 is 0 Å². The first-order chi connectivity index (χ1) is 9.52. The number of nitrogens with zero attached hydrogens (tertiary/aromatic N) is 3. The van der Waals surface area contributed by atoms with Crippen LogP contribution in [0.5, 0.6) is 0 Å². The van der Waals surface area contributed by atoms with E-state index in [-0.39, 0.29) is 23.8 Å². The molecule has 0 saturated heterocycles. The van der Waals surface area contributed by atoms with Gasteiger partial charge in [-0.3, -0.25) is 10.1 Å². The number of nitrogens with two attached hydrogens (primary N) is 1. The van der Waals surface area contributed by atoms with Crippen LogP contribution in [0.1, 0.15) is 17.4 Å². The second kappa shape index (κ2) is 5.39. The molecule has 0 amide bonds. The lowest BCUT2D eigenvalue weighted by Gasteiger charge is -2.03. The first kappa shape index (κ1) is 13.5. The minimum absolute atomic E-state index is 0.0370. The van der Waals surface area contributed by atoms with Crippen LogP contribution < -0.4 is 5.73 Å². The number of nitro groups is 1. The fourth-order valence-corrected chi connectivity index (χ4v) is 1.62. The summed E-state index contributed by atoms with van der Waals surface area (Å²) in [5.41, 5.74) is 6.33. The molecule has 0 radical (unpaired) electrons. The van der Waals surface area contributed by atoms with Crippen molar-refractivity contribution >= 4 is 17.5 Å². The fourth-order valence-electron chi connectivity index (χ4n) is 1.62. The van der Waals surface area contributed by atoms with Gasteiger partial charge in [0.25, 0.3) is 5.69 Å². The highest BCUT2D eigenvalue weighted by atomic mass is 16.6. The molecule has 0 aliphatic rings. The number of anilines is 1. The Labute approximate surface area is 113 Å². The van der Waals surface area contributed by atoms with Crippen LogP contribution in [0.3, 0.4) is 0 Å². The van der Waals surface area contributed by atoms with E-state index in [1.54, 1.807) is 6.92 Å². The van der Waals surface area contributed by atoms with Crippen LogP contribution in [0.15, 0.2) is 30.3 Å². The Bertz CT molecular complexity index is 648. The van der Waals surface area contributed by atoms with E-state index >= 15 is 0 Å². The number of hydrogen-bond acceptors (Lipinski definition) is 6. The van der Waals surface area contributed by atoms with Gasteiger partial charge in [0.1, 0.15) is 5.82 Å². The number of esters is 1. The number of aromatic nitrogens is 2. The number of non-ortho nitro benzene ring substituents is 1. The van der Waals surface area contributed by atoms with Gasteiger partial charge in [-0.05, 0) is 19.1 Å². The number of carbonyl (C=O) groups is 1. The van der Waals surface area contributed by atoms with Crippen molar-refractivity contribution in [3.05, 3.63) is 46.1 Å². The maximum atomic E-state index is 11.5. The summed E-state index contributed by atoms with van der Waals surface area (Å²) in [5.74, 6) is -0.332. The summed E-state index contributed by atoms with van der Waals surface area (Å²) >= 11 is 0. The molecule has 0 unspecified atom stereocenters. The van der Waals surface area contributed by atoms with Gasteiger partial charge in [0.15, 0.2) is 5.69 Å². The van der Waals surface area contributed by atoms with Crippen LogP contribution in [0, 0.1) is 10.1 Å². The molecule has 0 atom stereocenters. The molecule has 2 aromatic rings. The molecule has 1 aromatic heterocycles. The molecular formula is C12H12N4O4. The van der Waals surface area contributed by atoms with Gasteiger partial charge in [-0.25, -0.2) is 9.48 Å². The Morgan fingerprint density at radius 2 is 2.10 bits per heavy atom. The SMILES string of the molecule is CCOC(=O)c1cc(N)n(-c2ccc([N+](=O)[O-])cc2)n1. The molecule has 2 rings (SSSR count). The lowest BCUT2D eigenvalue weighted by atomic mass is 10.3. The molecular weight excluding hydrogens is 264 g/mol. The molecule has 0 fully saturated rings. The van der Waals surface area contributed by atoms with Crippen molar-refractivity contribution in [1.82, 2.24) is 9.78 Å². The van der Waals surface area contributed by atoms with E-state index < -0.39 is 10.9 Å². The summed E-state index contributed by atoms with van der Waals surface area (Å²) in [6.45, 7) is 1.93. The van der Waals surface area contributed by atoms with Crippen molar-refractivity contribution in [3.63, 3.8) is 0 Å². The molecule has 0 aliphatic carbocycles. The van der Waals surface area contributed by atoms with Crippen molar-refractivity contribution in [1.29, 1.82) is 0 Å². The summed E-state index contributed by atoms with van der Waals surface area (Å²) in [6, 6.07) is 7.05. The molecule has 1 heterocycles. The van der Waals surface area contributed by atoms with Crippen LogP contribution in [0.4, 0.5) is 11.5 Å². The van der Waals surface area contributed by atoms with Gasteiger partial charge in [0.05, 0.1) is 17.2 Å². The van der Waals surface area contributed by atoms with E-state index in [2.05, 4.69) is 5.10 Å². The van der Waals surface area contributed by atoms with Crippen LogP contribution in [-0.4, -0.2) is 27.3 Å². The predicted octanol–water partition coefficient (Wildman–Crippen LogP) is 1.54. The minimum atomic E-state index is -0.570. The molecule has 1 aromatic carbocycles. The molecule has 20 heavy (non-hydrogen) atoms. The third-order valence-electron chi connectivity index (χ3n) is 2.53. The lowest BCUT2D eigenvalue weighted by Crippen LogP contribution is -2.07. The van der Waals surface area contributed by atoms with Crippen molar-refractivity contribution in [2.75, 3.05) is 12.3 Å². The zero-order valence-electron chi connectivity index (χ0n) is 10.6. The number of nitro benzene ring substituents is 1. The number of carbonyl (C=O) groups excluding carboxylic acids is 1. The van der Waals surface area contributed by atoms with Crippen LogP contribution in [-0.2, 0) is 4.74 Å². The largest absolute Gasteiger partial charge is 0.461 e. The van der Waals surface area contributed by atoms with E-state index in [0.29, 0.717) is 5.69 Å². The van der Waals surface area contributed by atoms with Gasteiger partial charge in [0.2, 0.25) is 0 Å². The molecule has 0 saturated carbocycles. The number of hydrogen-bond donors (Lipinski definition) is 1. The van der Waals surface area contributed by atoms with Gasteiger partial charge < -0.3 is 10.5 Å². The highest BCUT2D eigenvalue weighted by Crippen LogP contribution is 2.18. The average Bonchev–Trinajstić information content (AvgIpc) is 2.81. The summed E-state index contributed by atoms with van der Waals surface area (Å²) in [7, 11) is 0. The zero-order valence-corrected chi connectivity index (χ0v) is 10.6. The Balaban J connectivity index is 2.33. The van der Waals surface area contributed by atoms with Crippen molar-refractivity contribution < 1.29 is 14.5 Å². The topological polar surface area (TPSA) is 113 Å². The monoisotopic (exact) mass is 276 g/mol. The number of rotatable bonds is 4.